The Bertz CT molecular complexity index is 667. The number of anilines is 1. The Morgan fingerprint density at radius 3 is 2.79 bits per heavy atom. The van der Waals surface area contributed by atoms with Gasteiger partial charge < -0.3 is 5.32 Å². The first-order chi connectivity index (χ1) is 11.7. The van der Waals surface area contributed by atoms with Crippen LogP contribution < -0.4 is 5.32 Å². The van der Waals surface area contributed by atoms with Crippen molar-refractivity contribution in [1.29, 1.82) is 0 Å². The number of rotatable bonds is 7. The zero-order valence-electron chi connectivity index (χ0n) is 13.4. The molecule has 2 aromatic rings. The molecule has 0 spiro atoms. The van der Waals surface area contributed by atoms with Gasteiger partial charge in [-0.05, 0) is 36.6 Å². The first-order valence-electron chi connectivity index (χ1n) is 8.28. The van der Waals surface area contributed by atoms with Gasteiger partial charge >= 0.3 is 0 Å². The van der Waals surface area contributed by atoms with E-state index in [2.05, 4.69) is 36.4 Å². The molecule has 24 heavy (non-hydrogen) atoms. The van der Waals surface area contributed by atoms with Crippen LogP contribution in [0, 0.1) is 5.92 Å². The van der Waals surface area contributed by atoms with E-state index in [1.807, 2.05) is 24.3 Å². The van der Waals surface area contributed by atoms with Gasteiger partial charge in [0.2, 0.25) is 11.1 Å². The van der Waals surface area contributed by atoms with E-state index >= 15 is 0 Å². The Balaban J connectivity index is 1.41. The average Bonchev–Trinajstić information content (AvgIpc) is 3.25. The van der Waals surface area contributed by atoms with Gasteiger partial charge in [0, 0.05) is 16.6 Å². The molecule has 0 bridgehead atoms. The molecule has 5 nitrogen and oxygen atoms in total. The molecule has 0 unspecified atom stereocenters. The molecule has 0 saturated heterocycles. The maximum absolute atomic E-state index is 12.0. The molecule has 7 heteroatoms. The summed E-state index contributed by atoms with van der Waals surface area (Å²) in [5, 5.41) is 10.7. The number of H-pyrrole nitrogens is 1. The number of amides is 1. The monoisotopic (exact) mass is 408 g/mol. The highest BCUT2D eigenvalue weighted by molar-refractivity contribution is 9.10. The highest BCUT2D eigenvalue weighted by atomic mass is 79.9. The van der Waals surface area contributed by atoms with Crippen molar-refractivity contribution in [2.24, 2.45) is 5.92 Å². The summed E-state index contributed by atoms with van der Waals surface area (Å²) in [5.74, 6) is 2.02. The summed E-state index contributed by atoms with van der Waals surface area (Å²) in [6, 6.07) is 7.52. The number of carbonyl (C=O) groups excluding carboxylic acids is 1. The van der Waals surface area contributed by atoms with Crippen molar-refractivity contribution in [3.05, 3.63) is 34.6 Å². The zero-order chi connectivity index (χ0) is 16.8. The van der Waals surface area contributed by atoms with Gasteiger partial charge in [0.25, 0.3) is 0 Å². The molecule has 1 aromatic heterocycles. The van der Waals surface area contributed by atoms with E-state index in [9.17, 15) is 4.79 Å². The SMILES string of the molecule is O=C(CSc1n[nH]c(CCC2CCCC2)n1)Nc1ccc(Br)cc1. The minimum absolute atomic E-state index is 0.0559. The number of benzene rings is 1. The van der Waals surface area contributed by atoms with Gasteiger partial charge in [-0.1, -0.05) is 53.4 Å². The van der Waals surface area contributed by atoms with Crippen LogP contribution in [0.3, 0.4) is 0 Å². The highest BCUT2D eigenvalue weighted by Crippen LogP contribution is 2.28. The lowest BCUT2D eigenvalue weighted by molar-refractivity contribution is -0.113. The summed E-state index contributed by atoms with van der Waals surface area (Å²) in [5.41, 5.74) is 0.788. The van der Waals surface area contributed by atoms with Gasteiger partial charge in [-0.25, -0.2) is 4.98 Å². The van der Waals surface area contributed by atoms with Crippen LogP contribution in [0.5, 0.6) is 0 Å². The Morgan fingerprint density at radius 1 is 1.29 bits per heavy atom. The van der Waals surface area contributed by atoms with E-state index < -0.39 is 0 Å². The minimum Gasteiger partial charge on any atom is -0.325 e. The summed E-state index contributed by atoms with van der Waals surface area (Å²) in [6.07, 6.45) is 7.58. The highest BCUT2D eigenvalue weighted by Gasteiger charge is 2.16. The van der Waals surface area contributed by atoms with E-state index in [4.69, 9.17) is 0 Å². The van der Waals surface area contributed by atoms with Crippen LogP contribution in [0.15, 0.2) is 33.9 Å². The third-order valence-electron chi connectivity index (χ3n) is 4.24. The van der Waals surface area contributed by atoms with Crippen molar-refractivity contribution in [3.8, 4) is 0 Å². The number of carbonyl (C=O) groups is 1. The van der Waals surface area contributed by atoms with Crippen LogP contribution in [-0.2, 0) is 11.2 Å². The van der Waals surface area contributed by atoms with E-state index in [1.54, 1.807) is 0 Å². The molecule has 1 aromatic carbocycles. The largest absolute Gasteiger partial charge is 0.325 e. The average molecular weight is 409 g/mol. The smallest absolute Gasteiger partial charge is 0.234 e. The molecule has 1 saturated carbocycles. The molecule has 0 aliphatic heterocycles. The van der Waals surface area contributed by atoms with E-state index in [-0.39, 0.29) is 5.91 Å². The molecule has 3 rings (SSSR count). The number of halogens is 1. The molecule has 1 heterocycles. The van der Waals surface area contributed by atoms with E-state index in [1.165, 1.54) is 43.9 Å². The third kappa shape index (κ3) is 5.34. The third-order valence-corrected chi connectivity index (χ3v) is 5.61. The maximum atomic E-state index is 12.0. The van der Waals surface area contributed by atoms with Gasteiger partial charge in [0.15, 0.2) is 0 Å². The van der Waals surface area contributed by atoms with Crippen molar-refractivity contribution >= 4 is 39.3 Å². The molecule has 0 atom stereocenters. The van der Waals surface area contributed by atoms with Crippen LogP contribution >= 0.6 is 27.7 Å². The van der Waals surface area contributed by atoms with Gasteiger partial charge in [0.05, 0.1) is 5.75 Å². The fraction of sp³-hybridized carbons (Fsp3) is 0.471. The zero-order valence-corrected chi connectivity index (χ0v) is 15.8. The Hall–Kier alpha value is -1.34. The fourth-order valence-electron chi connectivity index (χ4n) is 2.95. The second kappa shape index (κ2) is 8.67. The predicted octanol–water partition coefficient (Wildman–Crippen LogP) is 4.42. The number of hydrogen-bond donors (Lipinski definition) is 2. The van der Waals surface area contributed by atoms with E-state index in [0.717, 1.165) is 28.3 Å². The number of aryl methyl sites for hydroxylation is 1. The lowest BCUT2D eigenvalue weighted by Crippen LogP contribution is -2.13. The molecular weight excluding hydrogens is 388 g/mol. The fourth-order valence-corrected chi connectivity index (χ4v) is 3.84. The molecule has 1 aliphatic carbocycles. The van der Waals surface area contributed by atoms with Gasteiger partial charge in [0.1, 0.15) is 5.82 Å². The van der Waals surface area contributed by atoms with Crippen molar-refractivity contribution < 1.29 is 4.79 Å². The summed E-state index contributed by atoms with van der Waals surface area (Å²) >= 11 is 4.73. The maximum Gasteiger partial charge on any atom is 0.234 e. The first-order valence-corrected chi connectivity index (χ1v) is 10.1. The second-order valence-electron chi connectivity index (χ2n) is 6.10. The minimum atomic E-state index is -0.0559. The summed E-state index contributed by atoms with van der Waals surface area (Å²) in [4.78, 5) is 16.4. The van der Waals surface area contributed by atoms with Crippen molar-refractivity contribution in [2.45, 2.75) is 43.7 Å². The van der Waals surface area contributed by atoms with E-state index in [0.29, 0.717) is 10.9 Å². The van der Waals surface area contributed by atoms with Crippen molar-refractivity contribution in [2.75, 3.05) is 11.1 Å². The number of aromatic amines is 1. The lowest BCUT2D eigenvalue weighted by Gasteiger charge is -2.05. The molecule has 2 N–H and O–H groups in total. The molecular formula is C17H21BrN4OS. The van der Waals surface area contributed by atoms with Crippen LogP contribution in [0.25, 0.3) is 0 Å². The Labute approximate surface area is 154 Å². The standard InChI is InChI=1S/C17H21BrN4OS/c18-13-6-8-14(9-7-13)19-16(23)11-24-17-20-15(21-22-17)10-5-12-3-1-2-4-12/h6-9,12H,1-5,10-11H2,(H,19,23)(H,20,21,22). The summed E-state index contributed by atoms with van der Waals surface area (Å²) < 4.78 is 0.987. The molecule has 1 aliphatic rings. The molecule has 1 fully saturated rings. The Kier molecular flexibility index (Phi) is 6.31. The van der Waals surface area contributed by atoms with Crippen LogP contribution in [0.1, 0.15) is 37.9 Å². The molecule has 128 valence electrons. The number of hydrogen-bond acceptors (Lipinski definition) is 4. The van der Waals surface area contributed by atoms with Crippen LogP contribution in [-0.4, -0.2) is 26.8 Å². The number of thioether (sulfide) groups is 1. The lowest BCUT2D eigenvalue weighted by atomic mass is 10.0. The van der Waals surface area contributed by atoms with Crippen molar-refractivity contribution in [3.63, 3.8) is 0 Å². The Morgan fingerprint density at radius 2 is 2.04 bits per heavy atom. The van der Waals surface area contributed by atoms with Gasteiger partial charge in [-0.3, -0.25) is 9.89 Å². The summed E-state index contributed by atoms with van der Waals surface area (Å²) in [6.45, 7) is 0. The van der Waals surface area contributed by atoms with Crippen LogP contribution in [0.2, 0.25) is 0 Å². The summed E-state index contributed by atoms with van der Waals surface area (Å²) in [7, 11) is 0. The number of nitrogens with zero attached hydrogens (tertiary/aromatic N) is 2. The van der Waals surface area contributed by atoms with Gasteiger partial charge in [-0.2, -0.15) is 0 Å². The quantitative estimate of drug-likeness (QED) is 0.665. The number of aromatic nitrogens is 3. The first kappa shape index (κ1) is 17.5. The van der Waals surface area contributed by atoms with Crippen molar-refractivity contribution in [1.82, 2.24) is 15.2 Å². The normalized spacial score (nSPS) is 14.9. The van der Waals surface area contributed by atoms with Gasteiger partial charge in [-0.15, -0.1) is 5.10 Å². The number of nitrogens with one attached hydrogen (secondary N) is 2. The predicted molar refractivity (Wildman–Crippen MR) is 100 cm³/mol. The topological polar surface area (TPSA) is 70.7 Å². The van der Waals surface area contributed by atoms with Crippen LogP contribution in [0.4, 0.5) is 5.69 Å². The molecule has 1 amide bonds. The molecule has 0 radical (unpaired) electrons. The second-order valence-corrected chi connectivity index (χ2v) is 7.96.